The highest BCUT2D eigenvalue weighted by Gasteiger charge is 2.12. The maximum absolute atomic E-state index is 11.9. The fraction of sp³-hybridized carbons (Fsp3) is 0.357. The summed E-state index contributed by atoms with van der Waals surface area (Å²) >= 11 is 1.74. The summed E-state index contributed by atoms with van der Waals surface area (Å²) in [6, 6.07) is 7.70. The van der Waals surface area contributed by atoms with Crippen LogP contribution in [0.15, 0.2) is 30.3 Å². The fourth-order valence-corrected chi connectivity index (χ4v) is 2.22. The summed E-state index contributed by atoms with van der Waals surface area (Å²) in [5.74, 6) is 0.952. The highest BCUT2D eigenvalue weighted by Crippen LogP contribution is 2.09. The van der Waals surface area contributed by atoms with E-state index in [1.807, 2.05) is 44.5 Å². The Balaban J connectivity index is 2.64. The van der Waals surface area contributed by atoms with Crippen LogP contribution in [-0.2, 0) is 4.79 Å². The van der Waals surface area contributed by atoms with E-state index >= 15 is 0 Å². The molecule has 1 aromatic carbocycles. The SMILES string of the molecule is CSCC(C)N(C)C(=O)/C=C/c1cccc(N)c1. The molecule has 0 saturated carbocycles. The van der Waals surface area contributed by atoms with Crippen LogP contribution < -0.4 is 5.73 Å². The van der Waals surface area contributed by atoms with Crippen LogP contribution in [-0.4, -0.2) is 35.9 Å². The van der Waals surface area contributed by atoms with Crippen molar-refractivity contribution in [2.24, 2.45) is 0 Å². The molecule has 0 aliphatic rings. The van der Waals surface area contributed by atoms with Gasteiger partial charge in [0.25, 0.3) is 0 Å². The fourth-order valence-electron chi connectivity index (χ4n) is 1.52. The number of hydrogen-bond acceptors (Lipinski definition) is 3. The molecule has 1 aromatic rings. The molecule has 0 heterocycles. The Bertz CT molecular complexity index is 432. The second-order valence-corrected chi connectivity index (χ2v) is 5.17. The summed E-state index contributed by atoms with van der Waals surface area (Å²) in [6.07, 6.45) is 5.42. The number of anilines is 1. The van der Waals surface area contributed by atoms with Crippen LogP contribution in [0.5, 0.6) is 0 Å². The molecule has 0 spiro atoms. The molecule has 0 fully saturated rings. The molecular weight excluding hydrogens is 244 g/mol. The molecule has 0 radical (unpaired) electrons. The molecule has 1 rings (SSSR count). The second-order valence-electron chi connectivity index (χ2n) is 4.26. The number of carbonyl (C=O) groups excluding carboxylic acids is 1. The lowest BCUT2D eigenvalue weighted by Crippen LogP contribution is -2.35. The van der Waals surface area contributed by atoms with Gasteiger partial charge in [-0.05, 0) is 37.0 Å². The number of rotatable bonds is 5. The summed E-state index contributed by atoms with van der Waals surface area (Å²) in [4.78, 5) is 13.7. The third kappa shape index (κ3) is 4.45. The molecule has 0 aliphatic carbocycles. The van der Waals surface area contributed by atoms with Gasteiger partial charge in [0.05, 0.1) is 0 Å². The standard InChI is InChI=1S/C14H20N2OS/c1-11(10-18-3)16(2)14(17)8-7-12-5-4-6-13(15)9-12/h4-9,11H,10,15H2,1-3H3/b8-7+. The second kappa shape index (κ2) is 7.11. The van der Waals surface area contributed by atoms with Gasteiger partial charge >= 0.3 is 0 Å². The van der Waals surface area contributed by atoms with Gasteiger partial charge in [-0.25, -0.2) is 0 Å². The number of thioether (sulfide) groups is 1. The zero-order chi connectivity index (χ0) is 13.5. The van der Waals surface area contributed by atoms with E-state index < -0.39 is 0 Å². The Morgan fingerprint density at radius 1 is 1.56 bits per heavy atom. The van der Waals surface area contributed by atoms with Crippen LogP contribution in [0.2, 0.25) is 0 Å². The Labute approximate surface area is 113 Å². The van der Waals surface area contributed by atoms with Gasteiger partial charge in [0.2, 0.25) is 5.91 Å². The molecule has 1 atom stereocenters. The van der Waals surface area contributed by atoms with Crippen LogP contribution in [0.3, 0.4) is 0 Å². The third-order valence-electron chi connectivity index (χ3n) is 2.75. The monoisotopic (exact) mass is 264 g/mol. The molecule has 1 amide bonds. The van der Waals surface area contributed by atoms with Crippen molar-refractivity contribution in [1.29, 1.82) is 0 Å². The van der Waals surface area contributed by atoms with Crippen molar-refractivity contribution in [3.05, 3.63) is 35.9 Å². The summed E-state index contributed by atoms with van der Waals surface area (Å²) in [6.45, 7) is 2.04. The Hall–Kier alpha value is -1.42. The number of benzene rings is 1. The first-order valence-corrected chi connectivity index (χ1v) is 7.23. The largest absolute Gasteiger partial charge is 0.399 e. The van der Waals surface area contributed by atoms with Crippen LogP contribution in [0.25, 0.3) is 6.08 Å². The van der Waals surface area contributed by atoms with Crippen molar-refractivity contribution in [3.63, 3.8) is 0 Å². The summed E-state index contributed by atoms with van der Waals surface area (Å²) in [5.41, 5.74) is 7.32. The summed E-state index contributed by atoms with van der Waals surface area (Å²) in [7, 11) is 1.83. The minimum Gasteiger partial charge on any atom is -0.399 e. The van der Waals surface area contributed by atoms with Crippen LogP contribution >= 0.6 is 11.8 Å². The lowest BCUT2D eigenvalue weighted by atomic mass is 10.2. The van der Waals surface area contributed by atoms with Crippen molar-refractivity contribution in [2.45, 2.75) is 13.0 Å². The number of nitrogen functional groups attached to an aromatic ring is 1. The van der Waals surface area contributed by atoms with Gasteiger partial charge in [-0.3, -0.25) is 4.79 Å². The zero-order valence-electron chi connectivity index (χ0n) is 11.1. The number of carbonyl (C=O) groups is 1. The topological polar surface area (TPSA) is 46.3 Å². The molecule has 3 nitrogen and oxygen atoms in total. The van der Waals surface area contributed by atoms with Gasteiger partial charge in [0.15, 0.2) is 0 Å². The van der Waals surface area contributed by atoms with Gasteiger partial charge < -0.3 is 10.6 Å². The van der Waals surface area contributed by atoms with E-state index in [1.54, 1.807) is 28.8 Å². The van der Waals surface area contributed by atoms with E-state index in [-0.39, 0.29) is 11.9 Å². The maximum atomic E-state index is 11.9. The summed E-state index contributed by atoms with van der Waals surface area (Å²) in [5, 5.41) is 0. The highest BCUT2D eigenvalue weighted by molar-refractivity contribution is 7.98. The van der Waals surface area contributed by atoms with E-state index in [1.165, 1.54) is 0 Å². The quantitative estimate of drug-likeness (QED) is 0.656. The van der Waals surface area contributed by atoms with Crippen molar-refractivity contribution < 1.29 is 4.79 Å². The van der Waals surface area contributed by atoms with E-state index in [9.17, 15) is 4.79 Å². The number of likely N-dealkylation sites (N-methyl/N-ethyl adjacent to an activating group) is 1. The molecule has 0 aromatic heterocycles. The van der Waals surface area contributed by atoms with E-state index in [0.29, 0.717) is 5.69 Å². The molecule has 2 N–H and O–H groups in total. The third-order valence-corrected chi connectivity index (χ3v) is 3.56. The predicted molar refractivity (Wildman–Crippen MR) is 80.5 cm³/mol. The van der Waals surface area contributed by atoms with Gasteiger partial charge in [0.1, 0.15) is 0 Å². The van der Waals surface area contributed by atoms with E-state index in [2.05, 4.69) is 0 Å². The normalized spacial score (nSPS) is 12.6. The minimum atomic E-state index is 0.0129. The Kier molecular flexibility index (Phi) is 5.78. The molecule has 0 aliphatic heterocycles. The predicted octanol–water partition coefficient (Wildman–Crippen LogP) is 2.49. The highest BCUT2D eigenvalue weighted by atomic mass is 32.2. The number of nitrogens with zero attached hydrogens (tertiary/aromatic N) is 1. The van der Waals surface area contributed by atoms with Gasteiger partial charge in [-0.2, -0.15) is 11.8 Å². The molecule has 4 heteroatoms. The average molecular weight is 264 g/mol. The first-order chi connectivity index (χ1) is 8.54. The van der Waals surface area contributed by atoms with Gasteiger partial charge in [-0.1, -0.05) is 12.1 Å². The average Bonchev–Trinajstić information content (AvgIpc) is 2.35. The van der Waals surface area contributed by atoms with Crippen molar-refractivity contribution in [3.8, 4) is 0 Å². The zero-order valence-corrected chi connectivity index (χ0v) is 11.9. The molecule has 0 saturated heterocycles. The van der Waals surface area contributed by atoms with Gasteiger partial charge in [0, 0.05) is 30.6 Å². The Morgan fingerprint density at radius 3 is 2.89 bits per heavy atom. The minimum absolute atomic E-state index is 0.0129. The molecular formula is C14H20N2OS. The van der Waals surface area contributed by atoms with Crippen molar-refractivity contribution >= 4 is 29.4 Å². The van der Waals surface area contributed by atoms with Crippen molar-refractivity contribution in [1.82, 2.24) is 4.90 Å². The van der Waals surface area contributed by atoms with Crippen LogP contribution in [0.1, 0.15) is 12.5 Å². The van der Waals surface area contributed by atoms with Crippen LogP contribution in [0.4, 0.5) is 5.69 Å². The lowest BCUT2D eigenvalue weighted by Gasteiger charge is -2.22. The van der Waals surface area contributed by atoms with E-state index in [0.717, 1.165) is 11.3 Å². The van der Waals surface area contributed by atoms with E-state index in [4.69, 9.17) is 5.73 Å². The molecule has 98 valence electrons. The first-order valence-electron chi connectivity index (χ1n) is 5.84. The molecule has 1 unspecified atom stereocenters. The smallest absolute Gasteiger partial charge is 0.246 e. The number of nitrogens with two attached hydrogens (primary N) is 1. The van der Waals surface area contributed by atoms with Crippen molar-refractivity contribution in [2.75, 3.05) is 24.8 Å². The lowest BCUT2D eigenvalue weighted by molar-refractivity contribution is -0.126. The number of hydrogen-bond donors (Lipinski definition) is 1. The first kappa shape index (κ1) is 14.6. The summed E-state index contributed by atoms with van der Waals surface area (Å²) < 4.78 is 0. The van der Waals surface area contributed by atoms with Crippen LogP contribution in [0, 0.1) is 0 Å². The molecule has 18 heavy (non-hydrogen) atoms. The van der Waals surface area contributed by atoms with Gasteiger partial charge in [-0.15, -0.1) is 0 Å². The maximum Gasteiger partial charge on any atom is 0.246 e. The number of amides is 1. The molecule has 0 bridgehead atoms. The Morgan fingerprint density at radius 2 is 2.28 bits per heavy atom.